The number of benzene rings is 1. The minimum absolute atomic E-state index is 0. The van der Waals surface area contributed by atoms with E-state index in [1.807, 2.05) is 0 Å². The Bertz CT molecular complexity index is 389. The van der Waals surface area contributed by atoms with E-state index >= 15 is 0 Å². The lowest BCUT2D eigenvalue weighted by Gasteiger charge is -2.39. The van der Waals surface area contributed by atoms with Gasteiger partial charge < -0.3 is 15.6 Å². The molecule has 0 aliphatic carbocycles. The molecule has 1 heterocycles. The molecule has 6 heteroatoms. The quantitative estimate of drug-likeness (QED) is 0.821. The van der Waals surface area contributed by atoms with Crippen molar-refractivity contribution in [3.8, 4) is 5.75 Å². The number of nitrogens with two attached hydrogens (primary N) is 1. The topological polar surface area (TPSA) is 58.7 Å². The molecule has 1 aromatic carbocycles. The molecular weight excluding hydrogens is 271 g/mol. The third kappa shape index (κ3) is 4.95. The molecule has 1 atom stereocenters. The molecule has 0 aromatic heterocycles. The zero-order valence-electron chi connectivity index (χ0n) is 10.7. The van der Waals surface area contributed by atoms with Crippen molar-refractivity contribution in [2.24, 2.45) is 5.73 Å². The lowest BCUT2D eigenvalue weighted by molar-refractivity contribution is 0.0173. The van der Waals surface area contributed by atoms with E-state index in [-0.39, 0.29) is 37.0 Å². The van der Waals surface area contributed by atoms with Gasteiger partial charge in [-0.15, -0.1) is 12.4 Å². The summed E-state index contributed by atoms with van der Waals surface area (Å²) >= 11 is 0. The van der Waals surface area contributed by atoms with Crippen LogP contribution in [0.3, 0.4) is 0 Å². The number of aliphatic hydroxyl groups excluding tert-OH is 1. The highest BCUT2D eigenvalue weighted by Gasteiger charge is 2.28. The Hall–Kier alpha value is -0.880. The van der Waals surface area contributed by atoms with Crippen molar-refractivity contribution in [1.29, 1.82) is 0 Å². The van der Waals surface area contributed by atoms with Crippen LogP contribution in [0.2, 0.25) is 0 Å². The van der Waals surface area contributed by atoms with E-state index in [9.17, 15) is 4.39 Å². The van der Waals surface area contributed by atoms with Crippen molar-refractivity contribution < 1.29 is 14.2 Å². The number of halogens is 2. The smallest absolute Gasteiger partial charge is 0.126 e. The van der Waals surface area contributed by atoms with Crippen LogP contribution in [0.15, 0.2) is 24.3 Å². The summed E-state index contributed by atoms with van der Waals surface area (Å²) in [5.74, 6) is 0.296. The van der Waals surface area contributed by atoms with Crippen LogP contribution in [0, 0.1) is 5.82 Å². The van der Waals surface area contributed by atoms with Crippen LogP contribution < -0.4 is 10.5 Å². The standard InChI is InChI=1S/C13H19FN2O2.ClH/c14-10-2-1-3-12(6-10)18-13-7-16(8-13)5-4-11(15)9-17;/h1-3,6,11,13,17H,4-5,7-9,15H2;1H. The number of nitrogens with zero attached hydrogens (tertiary/aromatic N) is 1. The van der Waals surface area contributed by atoms with Gasteiger partial charge >= 0.3 is 0 Å². The number of rotatable bonds is 6. The number of hydrogen-bond donors (Lipinski definition) is 2. The van der Waals surface area contributed by atoms with Gasteiger partial charge in [-0.2, -0.15) is 0 Å². The minimum Gasteiger partial charge on any atom is -0.488 e. The molecule has 2 rings (SSSR count). The second kappa shape index (κ2) is 7.65. The van der Waals surface area contributed by atoms with E-state index in [1.54, 1.807) is 12.1 Å². The van der Waals surface area contributed by atoms with Crippen molar-refractivity contribution in [1.82, 2.24) is 4.90 Å². The summed E-state index contributed by atoms with van der Waals surface area (Å²) in [4.78, 5) is 2.21. The Kier molecular flexibility index (Phi) is 6.51. The first-order valence-electron chi connectivity index (χ1n) is 6.18. The van der Waals surface area contributed by atoms with Crippen molar-refractivity contribution >= 4 is 12.4 Å². The first-order valence-corrected chi connectivity index (χ1v) is 6.18. The SMILES string of the molecule is Cl.NC(CO)CCN1CC(Oc2cccc(F)c2)C1. The molecule has 1 saturated heterocycles. The van der Waals surface area contributed by atoms with Gasteiger partial charge in [0.05, 0.1) is 6.61 Å². The van der Waals surface area contributed by atoms with Gasteiger partial charge in [-0.25, -0.2) is 4.39 Å². The lowest BCUT2D eigenvalue weighted by atomic mass is 10.1. The van der Waals surface area contributed by atoms with Crippen LogP contribution in [-0.4, -0.2) is 48.4 Å². The maximum Gasteiger partial charge on any atom is 0.126 e. The van der Waals surface area contributed by atoms with Crippen LogP contribution >= 0.6 is 12.4 Å². The molecule has 4 nitrogen and oxygen atoms in total. The van der Waals surface area contributed by atoms with E-state index in [2.05, 4.69) is 4.90 Å². The van der Waals surface area contributed by atoms with Gasteiger partial charge in [0, 0.05) is 31.7 Å². The van der Waals surface area contributed by atoms with Crippen LogP contribution in [0.1, 0.15) is 6.42 Å². The van der Waals surface area contributed by atoms with Gasteiger partial charge in [-0.3, -0.25) is 4.90 Å². The van der Waals surface area contributed by atoms with E-state index in [0.717, 1.165) is 26.1 Å². The summed E-state index contributed by atoms with van der Waals surface area (Å²) < 4.78 is 18.6. The van der Waals surface area contributed by atoms with Crippen molar-refractivity contribution in [3.05, 3.63) is 30.1 Å². The summed E-state index contributed by atoms with van der Waals surface area (Å²) in [7, 11) is 0. The number of likely N-dealkylation sites (tertiary alicyclic amines) is 1. The molecule has 1 aliphatic heterocycles. The van der Waals surface area contributed by atoms with Gasteiger partial charge in [0.25, 0.3) is 0 Å². The van der Waals surface area contributed by atoms with E-state index in [1.165, 1.54) is 12.1 Å². The van der Waals surface area contributed by atoms with Crippen LogP contribution in [0.5, 0.6) is 5.75 Å². The van der Waals surface area contributed by atoms with Crippen LogP contribution in [0.4, 0.5) is 4.39 Å². The van der Waals surface area contributed by atoms with Crippen molar-refractivity contribution in [2.45, 2.75) is 18.6 Å². The fraction of sp³-hybridized carbons (Fsp3) is 0.538. The van der Waals surface area contributed by atoms with E-state index in [0.29, 0.717) is 5.75 Å². The maximum absolute atomic E-state index is 12.9. The van der Waals surface area contributed by atoms with Gasteiger partial charge in [-0.1, -0.05) is 6.07 Å². The Labute approximate surface area is 118 Å². The van der Waals surface area contributed by atoms with Gasteiger partial charge in [-0.05, 0) is 18.6 Å². The minimum atomic E-state index is -0.280. The number of aliphatic hydroxyl groups is 1. The fourth-order valence-electron chi connectivity index (χ4n) is 1.95. The first kappa shape index (κ1) is 16.2. The van der Waals surface area contributed by atoms with Crippen LogP contribution in [0.25, 0.3) is 0 Å². The Morgan fingerprint density at radius 3 is 2.84 bits per heavy atom. The first-order chi connectivity index (χ1) is 8.67. The van der Waals surface area contributed by atoms with Crippen molar-refractivity contribution in [3.63, 3.8) is 0 Å². The van der Waals surface area contributed by atoms with Crippen LogP contribution in [-0.2, 0) is 0 Å². The van der Waals surface area contributed by atoms with E-state index in [4.69, 9.17) is 15.6 Å². The molecule has 0 amide bonds. The fourth-order valence-corrected chi connectivity index (χ4v) is 1.95. The average molecular weight is 291 g/mol. The summed E-state index contributed by atoms with van der Waals surface area (Å²) in [6, 6.07) is 6.04. The predicted octanol–water partition coefficient (Wildman–Crippen LogP) is 1.02. The zero-order chi connectivity index (χ0) is 13.0. The summed E-state index contributed by atoms with van der Waals surface area (Å²) in [5, 5.41) is 8.81. The molecule has 1 unspecified atom stereocenters. The molecule has 0 saturated carbocycles. The molecule has 3 N–H and O–H groups in total. The predicted molar refractivity (Wildman–Crippen MR) is 74.2 cm³/mol. The molecule has 1 aromatic rings. The molecule has 19 heavy (non-hydrogen) atoms. The second-order valence-electron chi connectivity index (χ2n) is 4.69. The number of hydrogen-bond acceptors (Lipinski definition) is 4. The monoisotopic (exact) mass is 290 g/mol. The largest absolute Gasteiger partial charge is 0.488 e. The van der Waals surface area contributed by atoms with E-state index < -0.39 is 0 Å². The molecular formula is C13H20ClFN2O2. The maximum atomic E-state index is 12.9. The molecule has 0 radical (unpaired) electrons. The molecule has 108 valence electrons. The third-order valence-electron chi connectivity index (χ3n) is 3.07. The summed E-state index contributed by atoms with van der Waals surface area (Å²) in [5.41, 5.74) is 5.63. The molecule has 0 bridgehead atoms. The third-order valence-corrected chi connectivity index (χ3v) is 3.07. The highest BCUT2D eigenvalue weighted by Crippen LogP contribution is 2.19. The highest BCUT2D eigenvalue weighted by atomic mass is 35.5. The number of ether oxygens (including phenoxy) is 1. The zero-order valence-corrected chi connectivity index (χ0v) is 11.5. The second-order valence-corrected chi connectivity index (χ2v) is 4.69. The molecule has 1 aliphatic rings. The normalized spacial score (nSPS) is 17.4. The summed E-state index contributed by atoms with van der Waals surface area (Å²) in [6.07, 6.45) is 0.903. The highest BCUT2D eigenvalue weighted by molar-refractivity contribution is 5.85. The van der Waals surface area contributed by atoms with Crippen molar-refractivity contribution in [2.75, 3.05) is 26.2 Å². The van der Waals surface area contributed by atoms with Gasteiger partial charge in [0.2, 0.25) is 0 Å². The van der Waals surface area contributed by atoms with Gasteiger partial charge in [0.1, 0.15) is 17.7 Å². The Morgan fingerprint density at radius 1 is 1.47 bits per heavy atom. The Balaban J connectivity index is 0.00000180. The Morgan fingerprint density at radius 2 is 2.21 bits per heavy atom. The van der Waals surface area contributed by atoms with Gasteiger partial charge in [0.15, 0.2) is 0 Å². The lowest BCUT2D eigenvalue weighted by Crippen LogP contribution is -2.54. The average Bonchev–Trinajstić information content (AvgIpc) is 2.31. The molecule has 1 fully saturated rings. The summed E-state index contributed by atoms with van der Waals surface area (Å²) in [6.45, 7) is 2.55. The molecule has 0 spiro atoms.